The topological polar surface area (TPSA) is 80.6 Å². The highest BCUT2D eigenvalue weighted by atomic mass is 32.2. The summed E-state index contributed by atoms with van der Waals surface area (Å²) in [5.41, 5.74) is 1.65. The van der Waals surface area contributed by atoms with Crippen molar-refractivity contribution in [2.24, 2.45) is 0 Å². The second kappa shape index (κ2) is 6.26. The molecule has 0 spiro atoms. The third kappa shape index (κ3) is 3.07. The average Bonchev–Trinajstić information content (AvgIpc) is 2.78. The standard InChI is InChI=1S/C14H18N2O4S/c1-5-21-13-9(6-7(2)20-13)11-10(12(17)19-4)8(3)15-14(18)16-11/h6,11H,5H2,1-4H3,(H2,15,16,18). The predicted octanol–water partition coefficient (Wildman–Crippen LogP) is 2.50. The van der Waals surface area contributed by atoms with Gasteiger partial charge in [-0.15, -0.1) is 0 Å². The molecule has 0 aromatic carbocycles. The lowest BCUT2D eigenvalue weighted by molar-refractivity contribution is -0.136. The highest BCUT2D eigenvalue weighted by Crippen LogP contribution is 2.36. The first kappa shape index (κ1) is 15.5. The smallest absolute Gasteiger partial charge is 0.337 e. The lowest BCUT2D eigenvalue weighted by Crippen LogP contribution is -2.45. The normalized spacial score (nSPS) is 18.3. The van der Waals surface area contributed by atoms with Crippen molar-refractivity contribution in [2.45, 2.75) is 31.9 Å². The van der Waals surface area contributed by atoms with Crippen LogP contribution in [-0.2, 0) is 9.53 Å². The van der Waals surface area contributed by atoms with Crippen LogP contribution in [0.4, 0.5) is 4.79 Å². The van der Waals surface area contributed by atoms with Gasteiger partial charge in [0.2, 0.25) is 0 Å². The minimum absolute atomic E-state index is 0.351. The van der Waals surface area contributed by atoms with E-state index in [1.165, 1.54) is 18.9 Å². The molecular formula is C14H18N2O4S. The fourth-order valence-electron chi connectivity index (χ4n) is 2.27. The molecule has 2 rings (SSSR count). The Hall–Kier alpha value is -1.89. The molecule has 1 unspecified atom stereocenters. The Kier molecular flexibility index (Phi) is 4.62. The number of furan rings is 1. The number of carbonyl (C=O) groups is 2. The Bertz CT molecular complexity index is 606. The highest BCUT2D eigenvalue weighted by molar-refractivity contribution is 7.99. The zero-order valence-electron chi connectivity index (χ0n) is 12.4. The predicted molar refractivity (Wildman–Crippen MR) is 79.0 cm³/mol. The highest BCUT2D eigenvalue weighted by Gasteiger charge is 2.34. The van der Waals surface area contributed by atoms with Gasteiger partial charge < -0.3 is 19.8 Å². The number of carbonyl (C=O) groups excluding carboxylic acids is 2. The number of rotatable bonds is 4. The Balaban J connectivity index is 2.51. The van der Waals surface area contributed by atoms with Crippen molar-refractivity contribution in [1.82, 2.24) is 10.6 Å². The van der Waals surface area contributed by atoms with E-state index in [9.17, 15) is 9.59 Å². The van der Waals surface area contributed by atoms with Gasteiger partial charge in [0, 0.05) is 11.3 Å². The molecule has 0 aliphatic carbocycles. The fraction of sp³-hybridized carbons (Fsp3) is 0.429. The number of aryl methyl sites for hydroxylation is 1. The first-order valence-electron chi connectivity index (χ1n) is 6.57. The van der Waals surface area contributed by atoms with Gasteiger partial charge in [0.15, 0.2) is 5.09 Å². The summed E-state index contributed by atoms with van der Waals surface area (Å²) in [5.74, 6) is 1.08. The Morgan fingerprint density at radius 2 is 2.19 bits per heavy atom. The van der Waals surface area contributed by atoms with E-state index in [0.29, 0.717) is 16.4 Å². The second-order valence-electron chi connectivity index (χ2n) is 4.59. The molecule has 7 heteroatoms. The number of ether oxygens (including phenoxy) is 1. The van der Waals surface area contributed by atoms with E-state index >= 15 is 0 Å². The number of methoxy groups -OCH3 is 1. The van der Waals surface area contributed by atoms with Crippen LogP contribution in [0.3, 0.4) is 0 Å². The summed E-state index contributed by atoms with van der Waals surface area (Å²) in [5, 5.41) is 6.06. The summed E-state index contributed by atoms with van der Waals surface area (Å²) < 4.78 is 10.5. The molecule has 2 heterocycles. The summed E-state index contributed by atoms with van der Waals surface area (Å²) in [6.07, 6.45) is 0. The lowest BCUT2D eigenvalue weighted by Gasteiger charge is -2.27. The van der Waals surface area contributed by atoms with Gasteiger partial charge in [-0.1, -0.05) is 18.7 Å². The molecule has 0 saturated carbocycles. The van der Waals surface area contributed by atoms with Crippen LogP contribution >= 0.6 is 11.8 Å². The molecule has 0 saturated heterocycles. The van der Waals surface area contributed by atoms with E-state index < -0.39 is 12.0 Å². The fourth-order valence-corrected chi connectivity index (χ4v) is 3.06. The molecule has 0 radical (unpaired) electrons. The van der Waals surface area contributed by atoms with Crippen molar-refractivity contribution in [2.75, 3.05) is 12.9 Å². The molecule has 6 nitrogen and oxygen atoms in total. The third-order valence-corrected chi connectivity index (χ3v) is 3.98. The van der Waals surface area contributed by atoms with Crippen molar-refractivity contribution < 1.29 is 18.7 Å². The van der Waals surface area contributed by atoms with Gasteiger partial charge in [-0.3, -0.25) is 0 Å². The van der Waals surface area contributed by atoms with Gasteiger partial charge in [0.1, 0.15) is 5.76 Å². The number of urea groups is 1. The summed E-state index contributed by atoms with van der Waals surface area (Å²) in [6.45, 7) is 5.52. The summed E-state index contributed by atoms with van der Waals surface area (Å²) in [6, 6.07) is 0.916. The average molecular weight is 310 g/mol. The van der Waals surface area contributed by atoms with Crippen LogP contribution in [0, 0.1) is 6.92 Å². The van der Waals surface area contributed by atoms with Crippen molar-refractivity contribution in [3.8, 4) is 0 Å². The van der Waals surface area contributed by atoms with E-state index in [4.69, 9.17) is 9.15 Å². The minimum atomic E-state index is -0.572. The van der Waals surface area contributed by atoms with Crippen LogP contribution in [0.5, 0.6) is 0 Å². The Morgan fingerprint density at radius 1 is 1.48 bits per heavy atom. The van der Waals surface area contributed by atoms with Crippen LogP contribution < -0.4 is 10.6 Å². The molecule has 2 amide bonds. The SMILES string of the molecule is CCSc1oc(C)cc1C1NC(=O)NC(C)=C1C(=O)OC. The first-order chi connectivity index (χ1) is 9.97. The van der Waals surface area contributed by atoms with Crippen LogP contribution in [0.15, 0.2) is 26.8 Å². The Labute approximate surface area is 127 Å². The summed E-state index contributed by atoms with van der Waals surface area (Å²) in [4.78, 5) is 23.8. The van der Waals surface area contributed by atoms with E-state index in [1.54, 1.807) is 6.92 Å². The molecule has 114 valence electrons. The quantitative estimate of drug-likeness (QED) is 0.660. The van der Waals surface area contributed by atoms with Gasteiger partial charge in [-0.05, 0) is 25.7 Å². The number of esters is 1. The number of nitrogens with one attached hydrogen (secondary N) is 2. The molecule has 1 aliphatic rings. The van der Waals surface area contributed by atoms with Gasteiger partial charge in [0.25, 0.3) is 0 Å². The zero-order valence-corrected chi connectivity index (χ0v) is 13.2. The van der Waals surface area contributed by atoms with E-state index in [0.717, 1.165) is 17.1 Å². The molecule has 1 atom stereocenters. The van der Waals surface area contributed by atoms with Gasteiger partial charge in [0.05, 0.1) is 18.7 Å². The molecule has 2 N–H and O–H groups in total. The summed E-state index contributed by atoms with van der Waals surface area (Å²) in [7, 11) is 1.32. The van der Waals surface area contributed by atoms with Crippen molar-refractivity contribution in [3.05, 3.63) is 28.7 Å². The maximum atomic E-state index is 12.0. The van der Waals surface area contributed by atoms with E-state index in [2.05, 4.69) is 10.6 Å². The molecule has 21 heavy (non-hydrogen) atoms. The Morgan fingerprint density at radius 3 is 2.81 bits per heavy atom. The zero-order chi connectivity index (χ0) is 15.6. The maximum Gasteiger partial charge on any atom is 0.337 e. The molecule has 1 aliphatic heterocycles. The van der Waals surface area contributed by atoms with Crippen LogP contribution in [-0.4, -0.2) is 24.9 Å². The van der Waals surface area contributed by atoms with Crippen molar-refractivity contribution in [3.63, 3.8) is 0 Å². The van der Waals surface area contributed by atoms with E-state index in [1.807, 2.05) is 19.9 Å². The van der Waals surface area contributed by atoms with Crippen LogP contribution in [0.1, 0.15) is 31.2 Å². The van der Waals surface area contributed by atoms with Crippen molar-refractivity contribution >= 4 is 23.8 Å². The molecule has 0 bridgehead atoms. The monoisotopic (exact) mass is 310 g/mol. The lowest BCUT2D eigenvalue weighted by atomic mass is 9.97. The number of amides is 2. The second-order valence-corrected chi connectivity index (χ2v) is 5.83. The maximum absolute atomic E-state index is 12.0. The van der Waals surface area contributed by atoms with Gasteiger partial charge in [-0.2, -0.15) is 0 Å². The molecular weight excluding hydrogens is 292 g/mol. The largest absolute Gasteiger partial charge is 0.466 e. The number of allylic oxidation sites excluding steroid dienone is 1. The van der Waals surface area contributed by atoms with Crippen molar-refractivity contribution in [1.29, 1.82) is 0 Å². The molecule has 1 aromatic heterocycles. The first-order valence-corrected chi connectivity index (χ1v) is 7.56. The summed E-state index contributed by atoms with van der Waals surface area (Å²) >= 11 is 1.53. The van der Waals surface area contributed by atoms with E-state index in [-0.39, 0.29) is 6.03 Å². The van der Waals surface area contributed by atoms with Gasteiger partial charge in [-0.25, -0.2) is 9.59 Å². The molecule has 0 fully saturated rings. The van der Waals surface area contributed by atoms with Crippen LogP contribution in [0.2, 0.25) is 0 Å². The number of hydrogen-bond acceptors (Lipinski definition) is 5. The minimum Gasteiger partial charge on any atom is -0.466 e. The third-order valence-electron chi connectivity index (χ3n) is 3.11. The van der Waals surface area contributed by atoms with Gasteiger partial charge >= 0.3 is 12.0 Å². The molecule has 1 aromatic rings. The number of hydrogen-bond donors (Lipinski definition) is 2. The van der Waals surface area contributed by atoms with Crippen LogP contribution in [0.25, 0.3) is 0 Å². The number of thioether (sulfide) groups is 1.